The molecule has 0 bridgehead atoms. The summed E-state index contributed by atoms with van der Waals surface area (Å²) in [5, 5.41) is 40.3. The highest BCUT2D eigenvalue weighted by atomic mass is 35.5. The molecule has 5 atom stereocenters. The van der Waals surface area contributed by atoms with Crippen LogP contribution in [-0.4, -0.2) is 58.1 Å². The standard InChI is InChI=1S/C21H27ClO6/c1-2-27-15-6-3-12(4-7-15)9-14-10-13(5-8-16(14)22)21-20(26)19(25)18(24)17(11-23)28-21/h3,5-6,8,10,17-21,23-26H,2,4,7,9,11H2,1H3/t17-,18-,19+,20-,21+/m1/s1. The maximum atomic E-state index is 10.4. The van der Waals surface area contributed by atoms with Crippen molar-refractivity contribution < 1.29 is 29.9 Å². The molecule has 1 heterocycles. The van der Waals surface area contributed by atoms with Crippen LogP contribution in [0.15, 0.2) is 41.7 Å². The summed E-state index contributed by atoms with van der Waals surface area (Å²) in [5.41, 5.74) is 2.74. The monoisotopic (exact) mass is 410 g/mol. The highest BCUT2D eigenvalue weighted by molar-refractivity contribution is 6.31. The van der Waals surface area contributed by atoms with E-state index in [2.05, 4.69) is 0 Å². The van der Waals surface area contributed by atoms with Crippen LogP contribution in [0.1, 0.15) is 37.0 Å². The van der Waals surface area contributed by atoms with Crippen molar-refractivity contribution in [2.45, 2.75) is 56.7 Å². The molecule has 0 spiro atoms. The minimum absolute atomic E-state index is 0.455. The molecule has 1 aliphatic heterocycles. The van der Waals surface area contributed by atoms with Gasteiger partial charge < -0.3 is 29.9 Å². The lowest BCUT2D eigenvalue weighted by Crippen LogP contribution is -2.55. The van der Waals surface area contributed by atoms with Crippen LogP contribution in [-0.2, 0) is 15.9 Å². The third kappa shape index (κ3) is 4.59. The topological polar surface area (TPSA) is 99.4 Å². The van der Waals surface area contributed by atoms with E-state index in [1.165, 1.54) is 5.57 Å². The molecule has 1 aromatic carbocycles. The number of allylic oxidation sites excluding steroid dienone is 4. The van der Waals surface area contributed by atoms with Crippen molar-refractivity contribution in [3.8, 4) is 0 Å². The van der Waals surface area contributed by atoms with E-state index in [1.807, 2.05) is 25.1 Å². The van der Waals surface area contributed by atoms with Gasteiger partial charge in [-0.15, -0.1) is 0 Å². The van der Waals surface area contributed by atoms with Crippen molar-refractivity contribution in [2.75, 3.05) is 13.2 Å². The predicted molar refractivity (Wildman–Crippen MR) is 105 cm³/mol. The van der Waals surface area contributed by atoms with Gasteiger partial charge in [0.25, 0.3) is 0 Å². The van der Waals surface area contributed by atoms with Crippen molar-refractivity contribution >= 4 is 11.6 Å². The predicted octanol–water partition coefficient (Wildman–Crippen LogP) is 2.04. The fraction of sp³-hybridized carbons (Fsp3) is 0.524. The van der Waals surface area contributed by atoms with Crippen LogP contribution in [0.4, 0.5) is 0 Å². The third-order valence-corrected chi connectivity index (χ3v) is 5.60. The van der Waals surface area contributed by atoms with Gasteiger partial charge in [0.1, 0.15) is 30.5 Å². The minimum Gasteiger partial charge on any atom is -0.498 e. The fourth-order valence-corrected chi connectivity index (χ4v) is 3.83. The van der Waals surface area contributed by atoms with Gasteiger partial charge in [0.15, 0.2) is 0 Å². The Hall–Kier alpha value is -1.41. The zero-order chi connectivity index (χ0) is 20.3. The molecular formula is C21H27ClO6. The van der Waals surface area contributed by atoms with Gasteiger partial charge in [-0.1, -0.05) is 35.4 Å². The summed E-state index contributed by atoms with van der Waals surface area (Å²) in [6.07, 6.45) is 0.526. The molecule has 0 amide bonds. The Morgan fingerprint density at radius 1 is 1.11 bits per heavy atom. The second-order valence-electron chi connectivity index (χ2n) is 7.17. The van der Waals surface area contributed by atoms with Crippen LogP contribution < -0.4 is 0 Å². The Balaban J connectivity index is 1.80. The maximum absolute atomic E-state index is 10.4. The highest BCUT2D eigenvalue weighted by Gasteiger charge is 2.44. The second-order valence-corrected chi connectivity index (χ2v) is 7.58. The molecule has 2 aliphatic rings. The molecule has 154 valence electrons. The first-order chi connectivity index (χ1) is 13.4. The van der Waals surface area contributed by atoms with Crippen molar-refractivity contribution in [2.24, 2.45) is 0 Å². The van der Waals surface area contributed by atoms with Crippen molar-refractivity contribution in [3.05, 3.63) is 57.8 Å². The zero-order valence-corrected chi connectivity index (χ0v) is 16.5. The summed E-state index contributed by atoms with van der Waals surface area (Å²) < 4.78 is 11.2. The van der Waals surface area contributed by atoms with Crippen LogP contribution in [0, 0.1) is 0 Å². The minimum atomic E-state index is -1.40. The quantitative estimate of drug-likeness (QED) is 0.572. The van der Waals surface area contributed by atoms with Gasteiger partial charge >= 0.3 is 0 Å². The Morgan fingerprint density at radius 2 is 1.89 bits per heavy atom. The molecule has 0 radical (unpaired) electrons. The first-order valence-electron chi connectivity index (χ1n) is 9.54. The smallest absolute Gasteiger partial charge is 0.113 e. The number of benzene rings is 1. The van der Waals surface area contributed by atoms with E-state index in [4.69, 9.17) is 21.1 Å². The summed E-state index contributed by atoms with van der Waals surface area (Å²) in [6, 6.07) is 5.30. The maximum Gasteiger partial charge on any atom is 0.113 e. The molecule has 0 aromatic heterocycles. The molecular weight excluding hydrogens is 384 g/mol. The molecule has 0 saturated carbocycles. The molecule has 1 fully saturated rings. The number of ether oxygens (including phenoxy) is 2. The summed E-state index contributed by atoms with van der Waals surface area (Å²) in [4.78, 5) is 0. The van der Waals surface area contributed by atoms with Gasteiger partial charge in [-0.25, -0.2) is 0 Å². The molecule has 0 unspecified atom stereocenters. The Bertz CT molecular complexity index is 744. The van der Waals surface area contributed by atoms with Crippen LogP contribution in [0.5, 0.6) is 0 Å². The van der Waals surface area contributed by atoms with E-state index >= 15 is 0 Å². The van der Waals surface area contributed by atoms with Gasteiger partial charge in [0, 0.05) is 11.4 Å². The molecule has 1 saturated heterocycles. The van der Waals surface area contributed by atoms with Gasteiger partial charge in [-0.05, 0) is 43.0 Å². The van der Waals surface area contributed by atoms with Crippen molar-refractivity contribution in [1.29, 1.82) is 0 Å². The van der Waals surface area contributed by atoms with E-state index in [9.17, 15) is 20.4 Å². The SMILES string of the molecule is CCOC1=CC=C(Cc2cc([C@@H]3O[C@H](CO)[C@@H](O)[C@H](O)[C@H]3O)ccc2Cl)CC1. The number of rotatable bonds is 6. The number of halogens is 1. The zero-order valence-electron chi connectivity index (χ0n) is 15.8. The summed E-state index contributed by atoms with van der Waals surface area (Å²) in [6.45, 7) is 2.16. The van der Waals surface area contributed by atoms with Crippen LogP contribution >= 0.6 is 11.6 Å². The summed E-state index contributed by atoms with van der Waals surface area (Å²) >= 11 is 6.38. The van der Waals surface area contributed by atoms with E-state index in [0.717, 1.165) is 24.2 Å². The Labute approximate surface area is 169 Å². The molecule has 6 nitrogen and oxygen atoms in total. The average molecular weight is 411 g/mol. The third-order valence-electron chi connectivity index (χ3n) is 5.24. The van der Waals surface area contributed by atoms with Crippen molar-refractivity contribution in [1.82, 2.24) is 0 Å². The van der Waals surface area contributed by atoms with E-state index in [-0.39, 0.29) is 0 Å². The van der Waals surface area contributed by atoms with E-state index < -0.39 is 37.1 Å². The lowest BCUT2D eigenvalue weighted by atomic mass is 9.89. The largest absolute Gasteiger partial charge is 0.498 e. The van der Waals surface area contributed by atoms with Crippen LogP contribution in [0.3, 0.4) is 0 Å². The average Bonchev–Trinajstić information content (AvgIpc) is 2.70. The second kappa shape index (κ2) is 9.39. The van der Waals surface area contributed by atoms with Gasteiger partial charge in [0.05, 0.1) is 19.0 Å². The first-order valence-corrected chi connectivity index (χ1v) is 9.92. The van der Waals surface area contributed by atoms with Gasteiger partial charge in [-0.3, -0.25) is 0 Å². The summed E-state index contributed by atoms with van der Waals surface area (Å²) in [5.74, 6) is 0.979. The fourth-order valence-electron chi connectivity index (χ4n) is 3.64. The highest BCUT2D eigenvalue weighted by Crippen LogP contribution is 2.35. The molecule has 28 heavy (non-hydrogen) atoms. The Kier molecular flexibility index (Phi) is 7.15. The summed E-state index contributed by atoms with van der Waals surface area (Å²) in [7, 11) is 0. The lowest BCUT2D eigenvalue weighted by molar-refractivity contribution is -0.231. The first kappa shape index (κ1) is 21.3. The number of aliphatic hydroxyl groups excluding tert-OH is 4. The molecule has 7 heteroatoms. The Morgan fingerprint density at radius 3 is 2.54 bits per heavy atom. The van der Waals surface area contributed by atoms with Crippen molar-refractivity contribution in [3.63, 3.8) is 0 Å². The van der Waals surface area contributed by atoms with Gasteiger partial charge in [-0.2, -0.15) is 0 Å². The van der Waals surface area contributed by atoms with Crippen LogP contribution in [0.2, 0.25) is 5.02 Å². The van der Waals surface area contributed by atoms with Gasteiger partial charge in [0.2, 0.25) is 0 Å². The molecule has 1 aromatic rings. The molecule has 3 rings (SSSR count). The number of hydrogen-bond acceptors (Lipinski definition) is 6. The molecule has 4 N–H and O–H groups in total. The number of aliphatic hydroxyl groups is 4. The van der Waals surface area contributed by atoms with Crippen LogP contribution in [0.25, 0.3) is 0 Å². The van der Waals surface area contributed by atoms with E-state index in [0.29, 0.717) is 23.6 Å². The lowest BCUT2D eigenvalue weighted by Gasteiger charge is -2.40. The molecule has 1 aliphatic carbocycles. The normalized spacial score (nSPS) is 30.6. The number of hydrogen-bond donors (Lipinski definition) is 4. The van der Waals surface area contributed by atoms with E-state index in [1.54, 1.807) is 12.1 Å².